The molecule has 24 heavy (non-hydrogen) atoms. The second-order valence-electron chi connectivity index (χ2n) is 6.51. The van der Waals surface area contributed by atoms with Crippen molar-refractivity contribution in [2.45, 2.75) is 25.5 Å². The van der Waals surface area contributed by atoms with Gasteiger partial charge >= 0.3 is 0 Å². The quantitative estimate of drug-likeness (QED) is 0.865. The lowest BCUT2D eigenvalue weighted by molar-refractivity contribution is 0.104. The molecule has 0 amide bonds. The molecule has 2 aliphatic rings. The van der Waals surface area contributed by atoms with Gasteiger partial charge in [0.25, 0.3) is 0 Å². The van der Waals surface area contributed by atoms with E-state index in [1.165, 1.54) is 5.69 Å². The van der Waals surface area contributed by atoms with Crippen LogP contribution in [-0.2, 0) is 11.3 Å². The number of hydrogen-bond donors (Lipinski definition) is 0. The summed E-state index contributed by atoms with van der Waals surface area (Å²) in [4.78, 5) is 14.1. The fourth-order valence-electron chi connectivity index (χ4n) is 3.47. The molecule has 0 unspecified atom stereocenters. The molecule has 2 aromatic rings. The van der Waals surface area contributed by atoms with E-state index in [4.69, 9.17) is 9.72 Å². The molecule has 5 heteroatoms. The average Bonchev–Trinajstić information content (AvgIpc) is 3.18. The maximum Gasteiger partial charge on any atom is 0.157 e. The van der Waals surface area contributed by atoms with Crippen LogP contribution in [0.5, 0.6) is 0 Å². The van der Waals surface area contributed by atoms with E-state index in [0.29, 0.717) is 0 Å². The standard InChI is InChI=1S/C19H24N4O/c1-2-5-17(6-3-1)23-12-10-22(11-13-23)15-16-8-9-20-19(21-16)18-7-4-14-24-18/h1-3,5-6,8-9,18H,4,7,10-15H2/t18-/m0/s1. The maximum atomic E-state index is 5.70. The van der Waals surface area contributed by atoms with Gasteiger partial charge in [0, 0.05) is 51.2 Å². The number of ether oxygens (including phenoxy) is 1. The lowest BCUT2D eigenvalue weighted by atomic mass is 10.2. The summed E-state index contributed by atoms with van der Waals surface area (Å²) in [6.45, 7) is 5.98. The predicted molar refractivity (Wildman–Crippen MR) is 93.9 cm³/mol. The Morgan fingerprint density at radius 2 is 1.88 bits per heavy atom. The van der Waals surface area contributed by atoms with Crippen molar-refractivity contribution in [2.24, 2.45) is 0 Å². The summed E-state index contributed by atoms with van der Waals surface area (Å²) in [5.74, 6) is 0.855. The molecule has 1 aromatic heterocycles. The molecule has 0 N–H and O–H groups in total. The van der Waals surface area contributed by atoms with E-state index < -0.39 is 0 Å². The first kappa shape index (κ1) is 15.5. The van der Waals surface area contributed by atoms with Crippen molar-refractivity contribution < 1.29 is 4.74 Å². The number of anilines is 1. The molecule has 0 saturated carbocycles. The zero-order valence-electron chi connectivity index (χ0n) is 14.0. The Labute approximate surface area is 143 Å². The Balaban J connectivity index is 1.34. The van der Waals surface area contributed by atoms with Crippen LogP contribution in [0.2, 0.25) is 0 Å². The van der Waals surface area contributed by atoms with Crippen LogP contribution in [0.15, 0.2) is 42.6 Å². The average molecular weight is 324 g/mol. The van der Waals surface area contributed by atoms with Crippen LogP contribution < -0.4 is 4.90 Å². The molecule has 1 aromatic carbocycles. The molecule has 2 aliphatic heterocycles. The summed E-state index contributed by atoms with van der Waals surface area (Å²) in [6.07, 6.45) is 4.12. The van der Waals surface area contributed by atoms with Crippen LogP contribution >= 0.6 is 0 Å². The van der Waals surface area contributed by atoms with E-state index in [-0.39, 0.29) is 6.10 Å². The van der Waals surface area contributed by atoms with E-state index in [2.05, 4.69) is 45.1 Å². The lowest BCUT2D eigenvalue weighted by Gasteiger charge is -2.36. The van der Waals surface area contributed by atoms with Gasteiger partial charge in [-0.2, -0.15) is 0 Å². The summed E-state index contributed by atoms with van der Waals surface area (Å²) in [7, 11) is 0. The molecular weight excluding hydrogens is 300 g/mol. The Kier molecular flexibility index (Phi) is 4.71. The second kappa shape index (κ2) is 7.28. The molecule has 0 radical (unpaired) electrons. The van der Waals surface area contributed by atoms with Gasteiger partial charge in [0.05, 0.1) is 5.69 Å². The summed E-state index contributed by atoms with van der Waals surface area (Å²) in [5, 5.41) is 0. The third kappa shape index (κ3) is 3.57. The van der Waals surface area contributed by atoms with Gasteiger partial charge < -0.3 is 9.64 Å². The van der Waals surface area contributed by atoms with Crippen LogP contribution in [0.25, 0.3) is 0 Å². The van der Waals surface area contributed by atoms with E-state index in [1.807, 2.05) is 12.3 Å². The monoisotopic (exact) mass is 324 g/mol. The number of rotatable bonds is 4. The van der Waals surface area contributed by atoms with Crippen molar-refractivity contribution in [2.75, 3.05) is 37.7 Å². The zero-order valence-corrected chi connectivity index (χ0v) is 14.0. The minimum atomic E-state index is 0.0971. The van der Waals surface area contributed by atoms with E-state index >= 15 is 0 Å². The lowest BCUT2D eigenvalue weighted by Crippen LogP contribution is -2.46. The molecule has 3 heterocycles. The molecule has 4 rings (SSSR count). The van der Waals surface area contributed by atoms with E-state index in [1.54, 1.807) is 0 Å². The Morgan fingerprint density at radius 3 is 2.62 bits per heavy atom. The first-order chi connectivity index (χ1) is 11.9. The molecule has 0 bridgehead atoms. The topological polar surface area (TPSA) is 41.5 Å². The van der Waals surface area contributed by atoms with E-state index in [0.717, 1.165) is 63.7 Å². The summed E-state index contributed by atoms with van der Waals surface area (Å²) >= 11 is 0. The molecular formula is C19H24N4O. The van der Waals surface area contributed by atoms with Gasteiger partial charge in [0.15, 0.2) is 5.82 Å². The van der Waals surface area contributed by atoms with Gasteiger partial charge in [0.1, 0.15) is 6.10 Å². The molecule has 2 saturated heterocycles. The molecule has 2 fully saturated rings. The summed E-state index contributed by atoms with van der Waals surface area (Å²) in [5.41, 5.74) is 2.42. The first-order valence-electron chi connectivity index (χ1n) is 8.84. The van der Waals surface area contributed by atoms with Crippen molar-refractivity contribution >= 4 is 5.69 Å². The summed E-state index contributed by atoms with van der Waals surface area (Å²) in [6, 6.07) is 12.7. The molecule has 5 nitrogen and oxygen atoms in total. The number of piperazine rings is 1. The maximum absolute atomic E-state index is 5.70. The van der Waals surface area contributed by atoms with Crippen molar-refractivity contribution in [3.63, 3.8) is 0 Å². The molecule has 1 atom stereocenters. The molecule has 0 spiro atoms. The predicted octanol–water partition coefficient (Wildman–Crippen LogP) is 2.65. The van der Waals surface area contributed by atoms with Crippen LogP contribution in [0.1, 0.15) is 30.5 Å². The third-order valence-electron chi connectivity index (χ3n) is 4.83. The van der Waals surface area contributed by atoms with Gasteiger partial charge in [-0.15, -0.1) is 0 Å². The highest BCUT2D eigenvalue weighted by Crippen LogP contribution is 2.25. The summed E-state index contributed by atoms with van der Waals surface area (Å²) < 4.78 is 5.70. The number of hydrogen-bond acceptors (Lipinski definition) is 5. The highest BCUT2D eigenvalue weighted by molar-refractivity contribution is 5.46. The third-order valence-corrected chi connectivity index (χ3v) is 4.83. The highest BCUT2D eigenvalue weighted by atomic mass is 16.5. The number of nitrogens with zero attached hydrogens (tertiary/aromatic N) is 4. The number of aromatic nitrogens is 2. The van der Waals surface area contributed by atoms with Gasteiger partial charge in [-0.05, 0) is 31.0 Å². The van der Waals surface area contributed by atoms with Crippen LogP contribution in [0.3, 0.4) is 0 Å². The fourth-order valence-corrected chi connectivity index (χ4v) is 3.47. The van der Waals surface area contributed by atoms with Gasteiger partial charge in [-0.25, -0.2) is 9.97 Å². The minimum absolute atomic E-state index is 0.0971. The van der Waals surface area contributed by atoms with Crippen LogP contribution in [-0.4, -0.2) is 47.7 Å². The molecule has 126 valence electrons. The first-order valence-corrected chi connectivity index (χ1v) is 8.84. The van der Waals surface area contributed by atoms with Gasteiger partial charge in [-0.3, -0.25) is 4.90 Å². The SMILES string of the molecule is c1ccc(N2CCN(Cc3ccnc([C@@H]4CCCO4)n3)CC2)cc1. The van der Waals surface area contributed by atoms with Crippen molar-refractivity contribution in [3.05, 3.63) is 54.1 Å². The van der Waals surface area contributed by atoms with Gasteiger partial charge in [-0.1, -0.05) is 18.2 Å². The number of para-hydroxylation sites is 1. The highest BCUT2D eigenvalue weighted by Gasteiger charge is 2.22. The van der Waals surface area contributed by atoms with Crippen molar-refractivity contribution in [1.29, 1.82) is 0 Å². The second-order valence-corrected chi connectivity index (χ2v) is 6.51. The Bertz CT molecular complexity index is 649. The van der Waals surface area contributed by atoms with Crippen LogP contribution in [0, 0.1) is 0 Å². The molecule has 0 aliphatic carbocycles. The zero-order chi connectivity index (χ0) is 16.2. The smallest absolute Gasteiger partial charge is 0.157 e. The fraction of sp³-hybridized carbons (Fsp3) is 0.474. The minimum Gasteiger partial charge on any atom is -0.370 e. The van der Waals surface area contributed by atoms with Gasteiger partial charge in [0.2, 0.25) is 0 Å². The van der Waals surface area contributed by atoms with Crippen molar-refractivity contribution in [3.8, 4) is 0 Å². The Morgan fingerprint density at radius 1 is 1.04 bits per heavy atom. The number of benzene rings is 1. The normalized spacial score (nSPS) is 22.0. The largest absolute Gasteiger partial charge is 0.370 e. The van der Waals surface area contributed by atoms with Crippen LogP contribution in [0.4, 0.5) is 5.69 Å². The Hall–Kier alpha value is -1.98. The van der Waals surface area contributed by atoms with E-state index in [9.17, 15) is 0 Å². The van der Waals surface area contributed by atoms with Crippen molar-refractivity contribution in [1.82, 2.24) is 14.9 Å².